The molecule has 27 heavy (non-hydrogen) atoms. The van der Waals surface area contributed by atoms with Crippen molar-refractivity contribution in [2.75, 3.05) is 6.54 Å². The maximum atomic E-state index is 11.8. The van der Waals surface area contributed by atoms with E-state index in [1.54, 1.807) is 0 Å². The van der Waals surface area contributed by atoms with E-state index in [1.165, 1.54) is 12.2 Å². The first-order chi connectivity index (χ1) is 12.9. The number of rotatable bonds is 11. The topological polar surface area (TPSA) is 118 Å². The SMILES string of the molecule is O=C(CCCCCCC(=O)ON1C(=O)CCC1=O)CCN1C(=O)C=CC1=O. The third kappa shape index (κ3) is 6.12. The lowest BCUT2D eigenvalue weighted by atomic mass is 10.1. The van der Waals surface area contributed by atoms with Crippen molar-refractivity contribution < 1.29 is 33.6 Å². The summed E-state index contributed by atoms with van der Waals surface area (Å²) in [6.07, 6.45) is 5.73. The van der Waals surface area contributed by atoms with Crippen LogP contribution in [0.5, 0.6) is 0 Å². The standard InChI is InChI=1S/C18H22N2O7/c21-13(11-12-19-14(22)7-8-15(19)23)5-3-1-2-4-6-18(26)27-20-16(24)9-10-17(20)25/h7-8H,1-6,9-12H2. The molecule has 0 N–H and O–H groups in total. The molecule has 146 valence electrons. The van der Waals surface area contributed by atoms with E-state index in [9.17, 15) is 28.8 Å². The molecule has 2 aliphatic heterocycles. The zero-order valence-electron chi connectivity index (χ0n) is 15.0. The van der Waals surface area contributed by atoms with Crippen LogP contribution < -0.4 is 0 Å². The summed E-state index contributed by atoms with van der Waals surface area (Å²) < 4.78 is 0. The van der Waals surface area contributed by atoms with Crippen LogP contribution in [0.4, 0.5) is 0 Å². The molecule has 2 rings (SSSR count). The molecule has 0 aromatic heterocycles. The molecular formula is C18H22N2O7. The second-order valence-corrected chi connectivity index (χ2v) is 6.41. The Morgan fingerprint density at radius 2 is 1.37 bits per heavy atom. The van der Waals surface area contributed by atoms with Gasteiger partial charge in [0.2, 0.25) is 0 Å². The highest BCUT2D eigenvalue weighted by Gasteiger charge is 2.32. The van der Waals surface area contributed by atoms with E-state index >= 15 is 0 Å². The molecule has 1 saturated heterocycles. The highest BCUT2D eigenvalue weighted by Crippen LogP contribution is 2.14. The molecule has 2 heterocycles. The Kier molecular flexibility index (Phi) is 7.39. The normalized spacial score (nSPS) is 16.6. The van der Waals surface area contributed by atoms with Crippen molar-refractivity contribution in [1.29, 1.82) is 0 Å². The first-order valence-corrected chi connectivity index (χ1v) is 9.00. The molecule has 0 aromatic carbocycles. The fourth-order valence-corrected chi connectivity index (χ4v) is 2.76. The number of hydrogen-bond donors (Lipinski definition) is 0. The lowest BCUT2D eigenvalue weighted by molar-refractivity contribution is -0.197. The second-order valence-electron chi connectivity index (χ2n) is 6.41. The van der Waals surface area contributed by atoms with Gasteiger partial charge in [-0.3, -0.25) is 28.9 Å². The maximum absolute atomic E-state index is 11.8. The minimum Gasteiger partial charge on any atom is -0.330 e. The molecule has 0 aliphatic carbocycles. The molecule has 0 spiro atoms. The van der Waals surface area contributed by atoms with Crippen molar-refractivity contribution >= 4 is 35.4 Å². The van der Waals surface area contributed by atoms with Crippen molar-refractivity contribution in [2.45, 2.75) is 57.8 Å². The minimum atomic E-state index is -0.622. The Morgan fingerprint density at radius 1 is 0.815 bits per heavy atom. The quantitative estimate of drug-likeness (QED) is 0.386. The summed E-state index contributed by atoms with van der Waals surface area (Å²) in [5.74, 6) is -2.43. The van der Waals surface area contributed by atoms with Gasteiger partial charge in [-0.1, -0.05) is 12.8 Å². The summed E-state index contributed by atoms with van der Waals surface area (Å²) in [6, 6.07) is 0. The van der Waals surface area contributed by atoms with Gasteiger partial charge in [-0.25, -0.2) is 4.79 Å². The number of hydroxylamine groups is 2. The number of unbranched alkanes of at least 4 members (excludes halogenated alkanes) is 3. The third-order valence-corrected chi connectivity index (χ3v) is 4.30. The summed E-state index contributed by atoms with van der Waals surface area (Å²) in [5, 5.41) is 0.534. The molecule has 0 saturated carbocycles. The van der Waals surface area contributed by atoms with Gasteiger partial charge >= 0.3 is 5.97 Å². The van der Waals surface area contributed by atoms with Crippen molar-refractivity contribution in [3.8, 4) is 0 Å². The molecule has 9 heteroatoms. The number of Topliss-reactive ketones (excluding diaryl/α,β-unsaturated/α-hetero) is 1. The molecule has 0 bridgehead atoms. The Balaban J connectivity index is 1.49. The van der Waals surface area contributed by atoms with E-state index in [1.807, 2.05) is 0 Å². The van der Waals surface area contributed by atoms with Crippen LogP contribution in [0.1, 0.15) is 57.8 Å². The van der Waals surface area contributed by atoms with Gasteiger partial charge in [0, 0.05) is 50.8 Å². The first-order valence-electron chi connectivity index (χ1n) is 9.00. The number of nitrogens with zero attached hydrogens (tertiary/aromatic N) is 2. The Morgan fingerprint density at radius 3 is 1.96 bits per heavy atom. The lowest BCUT2D eigenvalue weighted by Gasteiger charge is -2.12. The smallest absolute Gasteiger partial charge is 0.330 e. The number of carbonyl (C=O) groups excluding carboxylic acids is 6. The highest BCUT2D eigenvalue weighted by atomic mass is 16.7. The maximum Gasteiger partial charge on any atom is 0.333 e. The third-order valence-electron chi connectivity index (χ3n) is 4.30. The summed E-state index contributed by atoms with van der Waals surface area (Å²) in [6.45, 7) is 0.100. The van der Waals surface area contributed by atoms with Gasteiger partial charge in [0.15, 0.2) is 0 Å². The molecule has 9 nitrogen and oxygen atoms in total. The first kappa shape index (κ1) is 20.5. The molecular weight excluding hydrogens is 356 g/mol. The zero-order valence-corrected chi connectivity index (χ0v) is 15.0. The van der Waals surface area contributed by atoms with E-state index in [-0.39, 0.29) is 38.0 Å². The van der Waals surface area contributed by atoms with Crippen LogP contribution in [0.25, 0.3) is 0 Å². The molecule has 0 atom stereocenters. The Labute approximate surface area is 156 Å². The van der Waals surface area contributed by atoms with E-state index in [0.29, 0.717) is 30.7 Å². The number of amides is 4. The van der Waals surface area contributed by atoms with E-state index in [2.05, 4.69) is 0 Å². The van der Waals surface area contributed by atoms with Gasteiger partial charge in [-0.2, -0.15) is 0 Å². The van der Waals surface area contributed by atoms with Crippen molar-refractivity contribution in [3.05, 3.63) is 12.2 Å². The monoisotopic (exact) mass is 378 g/mol. The molecule has 0 unspecified atom stereocenters. The highest BCUT2D eigenvalue weighted by molar-refractivity contribution is 6.13. The van der Waals surface area contributed by atoms with Gasteiger partial charge in [-0.05, 0) is 12.8 Å². The van der Waals surface area contributed by atoms with E-state index in [4.69, 9.17) is 4.84 Å². The van der Waals surface area contributed by atoms with Gasteiger partial charge in [0.1, 0.15) is 5.78 Å². The second kappa shape index (κ2) is 9.75. The predicted molar refractivity (Wildman–Crippen MR) is 90.4 cm³/mol. The van der Waals surface area contributed by atoms with Crippen LogP contribution in [-0.4, -0.2) is 51.9 Å². The van der Waals surface area contributed by atoms with Crippen molar-refractivity contribution in [3.63, 3.8) is 0 Å². The van der Waals surface area contributed by atoms with Crippen molar-refractivity contribution in [1.82, 2.24) is 9.96 Å². The molecule has 0 radical (unpaired) electrons. The summed E-state index contributed by atoms with van der Waals surface area (Å²) in [4.78, 5) is 74.6. The number of ketones is 1. The van der Waals surface area contributed by atoms with Crippen molar-refractivity contribution in [2.24, 2.45) is 0 Å². The van der Waals surface area contributed by atoms with Crippen LogP contribution in [0.2, 0.25) is 0 Å². The van der Waals surface area contributed by atoms with Gasteiger partial charge in [-0.15, -0.1) is 5.06 Å². The number of imide groups is 2. The van der Waals surface area contributed by atoms with Crippen LogP contribution in [0.3, 0.4) is 0 Å². The van der Waals surface area contributed by atoms with Crippen LogP contribution in [0, 0.1) is 0 Å². The van der Waals surface area contributed by atoms with Gasteiger partial charge in [0.25, 0.3) is 23.6 Å². The average Bonchev–Trinajstić information content (AvgIpc) is 3.12. The van der Waals surface area contributed by atoms with Crippen LogP contribution in [-0.2, 0) is 33.6 Å². The summed E-state index contributed by atoms with van der Waals surface area (Å²) >= 11 is 0. The fourth-order valence-electron chi connectivity index (χ4n) is 2.76. The molecule has 4 amide bonds. The average molecular weight is 378 g/mol. The van der Waals surface area contributed by atoms with Crippen LogP contribution >= 0.6 is 0 Å². The van der Waals surface area contributed by atoms with E-state index in [0.717, 1.165) is 11.3 Å². The number of hydrogen-bond acceptors (Lipinski definition) is 7. The number of carbonyl (C=O) groups is 6. The molecule has 2 aliphatic rings. The summed E-state index contributed by atoms with van der Waals surface area (Å²) in [7, 11) is 0. The Hall–Kier alpha value is -2.84. The minimum absolute atomic E-state index is 0.0204. The molecule has 0 aromatic rings. The van der Waals surface area contributed by atoms with Gasteiger partial charge in [0.05, 0.1) is 0 Å². The lowest BCUT2D eigenvalue weighted by Crippen LogP contribution is -2.32. The van der Waals surface area contributed by atoms with Crippen LogP contribution in [0.15, 0.2) is 12.2 Å². The largest absolute Gasteiger partial charge is 0.333 e. The zero-order chi connectivity index (χ0) is 19.8. The summed E-state index contributed by atoms with van der Waals surface area (Å²) in [5.41, 5.74) is 0. The fraction of sp³-hybridized carbons (Fsp3) is 0.556. The predicted octanol–water partition coefficient (Wildman–Crippen LogP) is 0.818. The molecule has 1 fully saturated rings. The van der Waals surface area contributed by atoms with E-state index < -0.39 is 29.6 Å². The van der Waals surface area contributed by atoms with Gasteiger partial charge < -0.3 is 4.84 Å². The Bertz CT molecular complexity index is 649.